The van der Waals surface area contributed by atoms with Gasteiger partial charge in [-0.25, -0.2) is 0 Å². The lowest BCUT2D eigenvalue weighted by atomic mass is 10.1. The predicted octanol–water partition coefficient (Wildman–Crippen LogP) is 15.1. The van der Waals surface area contributed by atoms with E-state index >= 15 is 0 Å². The van der Waals surface area contributed by atoms with Crippen molar-refractivity contribution in [1.82, 2.24) is 0 Å². The number of carbonyl (C=O) groups is 3. The highest BCUT2D eigenvalue weighted by atomic mass is 16.6. The Bertz CT molecular complexity index is 1100. The quantitative estimate of drug-likeness (QED) is 0.0202. The summed E-state index contributed by atoms with van der Waals surface area (Å²) in [6.45, 7) is 6.33. The largest absolute Gasteiger partial charge is 0.462 e. The van der Waals surface area contributed by atoms with E-state index in [-0.39, 0.29) is 31.1 Å². The molecule has 1 unspecified atom stereocenters. The van der Waals surface area contributed by atoms with Crippen molar-refractivity contribution in [3.63, 3.8) is 0 Å². The molecule has 0 spiro atoms. The summed E-state index contributed by atoms with van der Waals surface area (Å²) in [5.41, 5.74) is 0. The lowest BCUT2D eigenvalue weighted by Gasteiger charge is -2.18. The molecule has 6 nitrogen and oxygen atoms in total. The smallest absolute Gasteiger partial charge is 0.306 e. The fourth-order valence-corrected chi connectivity index (χ4v) is 6.21. The summed E-state index contributed by atoms with van der Waals surface area (Å²) in [4.78, 5) is 37.7. The van der Waals surface area contributed by atoms with Gasteiger partial charge in [-0.1, -0.05) is 171 Å². The summed E-state index contributed by atoms with van der Waals surface area (Å²) in [5, 5.41) is 0. The van der Waals surface area contributed by atoms with Crippen LogP contribution in [0.25, 0.3) is 0 Å². The number of allylic oxidation sites excluding steroid dienone is 12. The van der Waals surface area contributed by atoms with Crippen LogP contribution >= 0.6 is 0 Å². The van der Waals surface area contributed by atoms with E-state index in [0.717, 1.165) is 103 Å². The van der Waals surface area contributed by atoms with Gasteiger partial charge in [-0.15, -0.1) is 0 Å². The van der Waals surface area contributed by atoms with Crippen molar-refractivity contribution in [3.8, 4) is 0 Å². The van der Waals surface area contributed by atoms with E-state index < -0.39 is 6.10 Å². The van der Waals surface area contributed by atoms with Crippen LogP contribution in [0.1, 0.15) is 213 Å². The summed E-state index contributed by atoms with van der Waals surface area (Å²) < 4.78 is 16.6. The summed E-state index contributed by atoms with van der Waals surface area (Å²) in [7, 11) is 0. The van der Waals surface area contributed by atoms with Crippen molar-refractivity contribution in [1.29, 1.82) is 0 Å². The fraction of sp³-hybridized carbons (Fsp3) is 0.706. The van der Waals surface area contributed by atoms with Crippen molar-refractivity contribution in [2.75, 3.05) is 13.2 Å². The summed E-state index contributed by atoms with van der Waals surface area (Å²) in [6.07, 6.45) is 56.1. The van der Waals surface area contributed by atoms with Crippen molar-refractivity contribution in [2.24, 2.45) is 0 Å². The zero-order valence-corrected chi connectivity index (χ0v) is 37.1. The molecule has 326 valence electrons. The lowest BCUT2D eigenvalue weighted by molar-refractivity contribution is -0.167. The molecule has 0 radical (unpaired) electrons. The predicted molar refractivity (Wildman–Crippen MR) is 242 cm³/mol. The molecule has 57 heavy (non-hydrogen) atoms. The van der Waals surface area contributed by atoms with Crippen LogP contribution in [0, 0.1) is 0 Å². The van der Waals surface area contributed by atoms with Crippen LogP contribution < -0.4 is 0 Å². The first kappa shape index (κ1) is 53.9. The SMILES string of the molecule is CC/C=C\C/C=C\CCCCCCCCCC(=O)OC(COC(=O)CCCC/C=C\C/C=C\CC)COC(=O)CCCCC/C=C\C=C/CCCCCCCCC. The van der Waals surface area contributed by atoms with Gasteiger partial charge in [0.15, 0.2) is 6.10 Å². The molecule has 1 atom stereocenters. The van der Waals surface area contributed by atoms with Gasteiger partial charge in [0.1, 0.15) is 13.2 Å². The van der Waals surface area contributed by atoms with Gasteiger partial charge >= 0.3 is 17.9 Å². The van der Waals surface area contributed by atoms with Crippen LogP contribution in [0.5, 0.6) is 0 Å². The average molecular weight is 795 g/mol. The molecule has 0 bridgehead atoms. The molecular formula is C51H86O6. The average Bonchev–Trinajstić information content (AvgIpc) is 3.21. The molecule has 0 rings (SSSR count). The Kier molecular flexibility index (Phi) is 43.0. The number of ether oxygens (including phenoxy) is 3. The van der Waals surface area contributed by atoms with E-state index in [1.54, 1.807) is 0 Å². The third kappa shape index (κ3) is 43.8. The van der Waals surface area contributed by atoms with Crippen LogP contribution in [0.15, 0.2) is 72.9 Å². The van der Waals surface area contributed by atoms with E-state index in [4.69, 9.17) is 14.2 Å². The second-order valence-electron chi connectivity index (χ2n) is 15.3. The van der Waals surface area contributed by atoms with Crippen LogP contribution in [0.4, 0.5) is 0 Å². The summed E-state index contributed by atoms with van der Waals surface area (Å²) in [5.74, 6) is -0.978. The third-order valence-corrected chi connectivity index (χ3v) is 9.70. The van der Waals surface area contributed by atoms with E-state index in [0.29, 0.717) is 19.3 Å². The molecule has 0 saturated carbocycles. The highest BCUT2D eigenvalue weighted by molar-refractivity contribution is 5.71. The number of esters is 3. The molecule has 0 N–H and O–H groups in total. The Balaban J connectivity index is 4.43. The van der Waals surface area contributed by atoms with Gasteiger partial charge in [-0.3, -0.25) is 14.4 Å². The summed E-state index contributed by atoms with van der Waals surface area (Å²) >= 11 is 0. The van der Waals surface area contributed by atoms with Gasteiger partial charge in [-0.2, -0.15) is 0 Å². The second kappa shape index (κ2) is 45.6. The first-order valence-corrected chi connectivity index (χ1v) is 23.5. The van der Waals surface area contributed by atoms with Crippen LogP contribution in [-0.2, 0) is 28.6 Å². The van der Waals surface area contributed by atoms with Crippen LogP contribution in [0.2, 0.25) is 0 Å². The van der Waals surface area contributed by atoms with E-state index in [9.17, 15) is 14.4 Å². The third-order valence-electron chi connectivity index (χ3n) is 9.70. The van der Waals surface area contributed by atoms with Gasteiger partial charge < -0.3 is 14.2 Å². The monoisotopic (exact) mass is 795 g/mol. The minimum atomic E-state index is -0.801. The Hall–Kier alpha value is -3.15. The molecule has 0 saturated heterocycles. The summed E-state index contributed by atoms with van der Waals surface area (Å²) in [6, 6.07) is 0. The first-order valence-electron chi connectivity index (χ1n) is 23.5. The van der Waals surface area contributed by atoms with E-state index in [1.807, 2.05) is 0 Å². The normalized spacial score (nSPS) is 12.7. The minimum Gasteiger partial charge on any atom is -0.462 e. The topological polar surface area (TPSA) is 78.9 Å². The molecular weight excluding hydrogens is 709 g/mol. The van der Waals surface area contributed by atoms with Crippen molar-refractivity contribution in [3.05, 3.63) is 72.9 Å². The van der Waals surface area contributed by atoms with Crippen LogP contribution in [0.3, 0.4) is 0 Å². The standard InChI is InChI=1S/C51H86O6/c1-4-7-10-13-16-19-21-23-25-26-28-29-32-35-38-41-44-50(53)56-47-48(46-55-49(52)43-40-37-34-31-18-15-12-9-6-3)57-51(54)45-42-39-36-33-30-27-24-22-20-17-14-11-8-5-2/h8-9,11-12,17-18,20,25-26,28-29,31,48H,4-7,10,13-16,19,21-24,27,30,32-47H2,1-3H3/b11-8-,12-9-,20-17-,26-25-,29-28-,31-18-. The number of carbonyl (C=O) groups excluding carboxylic acids is 3. The Morgan fingerprint density at radius 3 is 1.21 bits per heavy atom. The maximum atomic E-state index is 12.7. The first-order chi connectivity index (χ1) is 28.0. The van der Waals surface area contributed by atoms with Crippen molar-refractivity contribution in [2.45, 2.75) is 219 Å². The number of rotatable bonds is 41. The highest BCUT2D eigenvalue weighted by Crippen LogP contribution is 2.13. The van der Waals surface area contributed by atoms with Crippen molar-refractivity contribution >= 4 is 17.9 Å². The second-order valence-corrected chi connectivity index (χ2v) is 15.3. The molecule has 0 fully saturated rings. The van der Waals surface area contributed by atoms with Crippen molar-refractivity contribution < 1.29 is 28.6 Å². The molecule has 0 aromatic heterocycles. The van der Waals surface area contributed by atoms with Gasteiger partial charge in [0.2, 0.25) is 0 Å². The molecule has 0 aliphatic rings. The fourth-order valence-electron chi connectivity index (χ4n) is 6.21. The molecule has 0 aliphatic heterocycles. The van der Waals surface area contributed by atoms with E-state index in [1.165, 1.54) is 70.6 Å². The maximum absolute atomic E-state index is 12.7. The number of hydrogen-bond donors (Lipinski definition) is 0. The lowest BCUT2D eigenvalue weighted by Crippen LogP contribution is -2.30. The van der Waals surface area contributed by atoms with E-state index in [2.05, 4.69) is 93.7 Å². The van der Waals surface area contributed by atoms with Gasteiger partial charge in [-0.05, 0) is 96.3 Å². The zero-order chi connectivity index (χ0) is 41.5. The highest BCUT2D eigenvalue weighted by Gasteiger charge is 2.19. The molecule has 0 aromatic rings. The molecule has 0 amide bonds. The Labute approximate surface area is 351 Å². The van der Waals surface area contributed by atoms with Gasteiger partial charge in [0.05, 0.1) is 0 Å². The minimum absolute atomic E-state index is 0.103. The molecule has 0 aromatic carbocycles. The van der Waals surface area contributed by atoms with Gasteiger partial charge in [0.25, 0.3) is 0 Å². The zero-order valence-electron chi connectivity index (χ0n) is 37.1. The Morgan fingerprint density at radius 2 is 0.737 bits per heavy atom. The van der Waals surface area contributed by atoms with Crippen LogP contribution in [-0.4, -0.2) is 37.2 Å². The Morgan fingerprint density at radius 1 is 0.386 bits per heavy atom. The van der Waals surface area contributed by atoms with Gasteiger partial charge in [0, 0.05) is 19.3 Å². The molecule has 0 heterocycles. The molecule has 6 heteroatoms. The molecule has 0 aliphatic carbocycles. The number of unbranched alkanes of at least 4 members (excludes halogenated alkanes) is 19. The number of hydrogen-bond acceptors (Lipinski definition) is 6. The maximum Gasteiger partial charge on any atom is 0.306 e.